The first-order valence-electron chi connectivity index (χ1n) is 10.2. The van der Waals surface area contributed by atoms with Gasteiger partial charge in [0.15, 0.2) is 0 Å². The lowest BCUT2D eigenvalue weighted by atomic mass is 9.99. The van der Waals surface area contributed by atoms with E-state index in [4.69, 9.17) is 0 Å². The first-order valence-corrected chi connectivity index (χ1v) is 12.5. The van der Waals surface area contributed by atoms with Crippen LogP contribution in [0.4, 0.5) is 0 Å². The normalized spacial score (nSPS) is 18.0. The van der Waals surface area contributed by atoms with Gasteiger partial charge in [0.25, 0.3) is 10.0 Å². The summed E-state index contributed by atoms with van der Waals surface area (Å²) in [6.45, 7) is 3.15. The van der Waals surface area contributed by atoms with Gasteiger partial charge in [-0.15, -0.1) is 11.3 Å². The Bertz CT molecular complexity index is 1100. The average Bonchev–Trinajstić information content (AvgIpc) is 3.37. The third-order valence-corrected chi connectivity index (χ3v) is 8.73. The van der Waals surface area contributed by atoms with Gasteiger partial charge in [-0.3, -0.25) is 4.79 Å². The molecule has 7 nitrogen and oxygen atoms in total. The highest BCUT2D eigenvalue weighted by Gasteiger charge is 2.33. The molecule has 0 bridgehead atoms. The van der Waals surface area contributed by atoms with Gasteiger partial charge in [-0.25, -0.2) is 13.4 Å². The Hall–Kier alpha value is -2.23. The van der Waals surface area contributed by atoms with Gasteiger partial charge in [0.2, 0.25) is 5.91 Å². The highest BCUT2D eigenvalue weighted by molar-refractivity contribution is 7.91. The molecule has 0 radical (unpaired) electrons. The van der Waals surface area contributed by atoms with Crippen LogP contribution in [-0.4, -0.2) is 48.2 Å². The molecular weight excluding hydrogens is 420 g/mol. The highest BCUT2D eigenvalue weighted by atomic mass is 32.2. The standard InChI is InChI=1S/C21H26N4O3S2/c1-15-10-11-20(29-15)30(27,28)25-13-5-6-16(14-25)21(26)22-12-4-9-19-23-17-7-2-3-8-18(17)24-19/h2-3,7-8,10-11,16H,4-6,9,12-14H2,1H3,(H,22,26)(H,23,24). The van der Waals surface area contributed by atoms with Gasteiger partial charge in [0.05, 0.1) is 17.0 Å². The third-order valence-electron chi connectivity index (χ3n) is 5.39. The van der Waals surface area contributed by atoms with Crippen molar-refractivity contribution in [1.82, 2.24) is 19.6 Å². The van der Waals surface area contributed by atoms with Gasteiger partial charge in [0.1, 0.15) is 10.0 Å². The van der Waals surface area contributed by atoms with Crippen LogP contribution in [0, 0.1) is 12.8 Å². The number of hydrogen-bond donors (Lipinski definition) is 2. The van der Waals surface area contributed by atoms with Crippen LogP contribution in [0.1, 0.15) is 30.0 Å². The number of sulfonamides is 1. The summed E-state index contributed by atoms with van der Waals surface area (Å²) in [5.41, 5.74) is 1.96. The molecule has 3 heterocycles. The molecule has 1 fully saturated rings. The van der Waals surface area contributed by atoms with Crippen LogP contribution in [0.25, 0.3) is 11.0 Å². The summed E-state index contributed by atoms with van der Waals surface area (Å²) in [6, 6.07) is 11.4. The average molecular weight is 447 g/mol. The Kier molecular flexibility index (Phi) is 6.21. The van der Waals surface area contributed by atoms with Gasteiger partial charge in [-0.1, -0.05) is 12.1 Å². The van der Waals surface area contributed by atoms with Crippen molar-refractivity contribution in [3.8, 4) is 0 Å². The Labute approximate surface area is 180 Å². The zero-order chi connectivity index (χ0) is 21.1. The Morgan fingerprint density at radius 1 is 1.30 bits per heavy atom. The number of amides is 1. The second-order valence-electron chi connectivity index (χ2n) is 7.66. The minimum atomic E-state index is -3.52. The predicted molar refractivity (Wildman–Crippen MR) is 118 cm³/mol. The zero-order valence-corrected chi connectivity index (χ0v) is 18.6. The quantitative estimate of drug-likeness (QED) is 0.545. The summed E-state index contributed by atoms with van der Waals surface area (Å²) >= 11 is 1.28. The van der Waals surface area contributed by atoms with E-state index < -0.39 is 10.0 Å². The van der Waals surface area contributed by atoms with Crippen LogP contribution in [-0.2, 0) is 21.2 Å². The molecule has 1 atom stereocenters. The fraction of sp³-hybridized carbons (Fsp3) is 0.429. The van der Waals surface area contributed by atoms with E-state index >= 15 is 0 Å². The number of aryl methyl sites for hydroxylation is 2. The van der Waals surface area contributed by atoms with Crippen LogP contribution in [0.15, 0.2) is 40.6 Å². The number of benzene rings is 1. The summed E-state index contributed by atoms with van der Waals surface area (Å²) in [7, 11) is -3.52. The molecule has 0 saturated carbocycles. The number of aromatic amines is 1. The molecule has 1 saturated heterocycles. The molecule has 160 valence electrons. The molecule has 0 aliphatic carbocycles. The number of nitrogens with one attached hydrogen (secondary N) is 2. The number of rotatable bonds is 7. The van der Waals surface area contributed by atoms with Gasteiger partial charge in [-0.2, -0.15) is 4.31 Å². The van der Waals surface area contributed by atoms with Gasteiger partial charge in [0, 0.05) is 30.9 Å². The Balaban J connectivity index is 1.28. The lowest BCUT2D eigenvalue weighted by Crippen LogP contribution is -2.45. The zero-order valence-electron chi connectivity index (χ0n) is 16.9. The molecule has 1 unspecified atom stereocenters. The third kappa shape index (κ3) is 4.58. The van der Waals surface area contributed by atoms with Crippen molar-refractivity contribution in [3.05, 3.63) is 47.1 Å². The maximum absolute atomic E-state index is 12.9. The smallest absolute Gasteiger partial charge is 0.252 e. The number of aromatic nitrogens is 2. The molecule has 2 N–H and O–H groups in total. The topological polar surface area (TPSA) is 95.2 Å². The number of fused-ring (bicyclic) bond motifs is 1. The van der Waals surface area contributed by atoms with Gasteiger partial charge < -0.3 is 10.3 Å². The van der Waals surface area contributed by atoms with Crippen molar-refractivity contribution in [2.45, 2.75) is 36.8 Å². The lowest BCUT2D eigenvalue weighted by molar-refractivity contribution is -0.126. The maximum atomic E-state index is 12.9. The number of carbonyl (C=O) groups is 1. The molecule has 9 heteroatoms. The summed E-state index contributed by atoms with van der Waals surface area (Å²) in [6.07, 6.45) is 2.93. The van der Waals surface area contributed by atoms with Crippen molar-refractivity contribution in [1.29, 1.82) is 0 Å². The van der Waals surface area contributed by atoms with E-state index in [0.717, 1.165) is 34.6 Å². The molecule has 3 aromatic rings. The monoisotopic (exact) mass is 446 g/mol. The van der Waals surface area contributed by atoms with E-state index in [-0.39, 0.29) is 18.4 Å². The highest BCUT2D eigenvalue weighted by Crippen LogP contribution is 2.28. The van der Waals surface area contributed by atoms with Crippen LogP contribution in [0.3, 0.4) is 0 Å². The molecule has 4 rings (SSSR count). The maximum Gasteiger partial charge on any atom is 0.252 e. The number of carbonyl (C=O) groups excluding carboxylic acids is 1. The first kappa shape index (κ1) is 21.0. The van der Waals surface area contributed by atoms with Gasteiger partial charge >= 0.3 is 0 Å². The summed E-state index contributed by atoms with van der Waals surface area (Å²) in [4.78, 5) is 21.4. The minimum Gasteiger partial charge on any atom is -0.356 e. The molecule has 0 spiro atoms. The van der Waals surface area contributed by atoms with Crippen molar-refractivity contribution >= 4 is 38.3 Å². The molecule has 1 aliphatic rings. The van der Waals surface area contributed by atoms with Crippen LogP contribution < -0.4 is 5.32 Å². The molecule has 1 aromatic carbocycles. The van der Waals surface area contributed by atoms with Crippen molar-refractivity contribution < 1.29 is 13.2 Å². The van der Waals surface area contributed by atoms with Crippen molar-refractivity contribution in [2.24, 2.45) is 5.92 Å². The number of hydrogen-bond acceptors (Lipinski definition) is 5. The number of para-hydroxylation sites is 2. The van der Waals surface area contributed by atoms with E-state index in [9.17, 15) is 13.2 Å². The fourth-order valence-electron chi connectivity index (χ4n) is 3.79. The van der Waals surface area contributed by atoms with E-state index in [1.54, 1.807) is 6.07 Å². The molecule has 1 aliphatic heterocycles. The summed E-state index contributed by atoms with van der Waals surface area (Å²) in [5.74, 6) is 0.536. The number of piperidine rings is 1. The second kappa shape index (κ2) is 8.87. The molecule has 1 amide bonds. The van der Waals surface area contributed by atoms with Gasteiger partial charge in [-0.05, 0) is 50.5 Å². The van der Waals surface area contributed by atoms with Crippen molar-refractivity contribution in [2.75, 3.05) is 19.6 Å². The van der Waals surface area contributed by atoms with Crippen LogP contribution >= 0.6 is 11.3 Å². The van der Waals surface area contributed by atoms with Crippen LogP contribution in [0.5, 0.6) is 0 Å². The number of thiophene rings is 1. The van der Waals surface area contributed by atoms with E-state index in [1.807, 2.05) is 37.3 Å². The predicted octanol–water partition coefficient (Wildman–Crippen LogP) is 3.08. The summed E-state index contributed by atoms with van der Waals surface area (Å²) < 4.78 is 27.5. The van der Waals surface area contributed by atoms with E-state index in [2.05, 4.69) is 15.3 Å². The summed E-state index contributed by atoms with van der Waals surface area (Å²) in [5, 5.41) is 2.97. The first-order chi connectivity index (χ1) is 14.4. The van der Waals surface area contributed by atoms with E-state index in [0.29, 0.717) is 30.1 Å². The molecule has 30 heavy (non-hydrogen) atoms. The van der Waals surface area contributed by atoms with Crippen LogP contribution in [0.2, 0.25) is 0 Å². The van der Waals surface area contributed by atoms with E-state index in [1.165, 1.54) is 15.6 Å². The van der Waals surface area contributed by atoms with Crippen molar-refractivity contribution in [3.63, 3.8) is 0 Å². The fourth-order valence-corrected chi connectivity index (χ4v) is 6.75. The lowest BCUT2D eigenvalue weighted by Gasteiger charge is -2.30. The molecule has 2 aromatic heterocycles. The number of imidazole rings is 1. The largest absolute Gasteiger partial charge is 0.356 e. The number of H-pyrrole nitrogens is 1. The number of nitrogens with zero attached hydrogens (tertiary/aromatic N) is 2. The molecular formula is C21H26N4O3S2. The SMILES string of the molecule is Cc1ccc(S(=O)(=O)N2CCCC(C(=O)NCCCc3nc4ccccc4[nH]3)C2)s1. The Morgan fingerprint density at radius 2 is 2.13 bits per heavy atom. The second-order valence-corrected chi connectivity index (χ2v) is 11.1. The Morgan fingerprint density at radius 3 is 2.90 bits per heavy atom. The minimum absolute atomic E-state index is 0.0677.